The number of Topliss-reactive ketones (excluding diaryl/α,β-unsaturated/α-hetero) is 1. The molecular weight excluding hydrogens is 408 g/mol. The minimum atomic E-state index is -1.17. The SMILES string of the molecule is CCOc1ccc(C2C(C(=O)c3ccco3)=C(O)C(=O)N2c2ccc(F)c(F)c2)cc1. The van der Waals surface area contributed by atoms with E-state index in [0.717, 1.165) is 17.0 Å². The molecule has 0 spiro atoms. The van der Waals surface area contributed by atoms with Crippen molar-refractivity contribution in [1.29, 1.82) is 0 Å². The van der Waals surface area contributed by atoms with Gasteiger partial charge >= 0.3 is 0 Å². The van der Waals surface area contributed by atoms with E-state index in [1.54, 1.807) is 24.3 Å². The highest BCUT2D eigenvalue weighted by Gasteiger charge is 2.45. The molecule has 1 atom stereocenters. The molecule has 3 aromatic rings. The molecule has 8 heteroatoms. The molecule has 158 valence electrons. The van der Waals surface area contributed by atoms with Crippen molar-refractivity contribution in [2.24, 2.45) is 0 Å². The Hall–Kier alpha value is -3.94. The average Bonchev–Trinajstić information content (AvgIpc) is 3.38. The number of anilines is 1. The number of ketones is 1. The summed E-state index contributed by atoms with van der Waals surface area (Å²) < 4.78 is 38.0. The van der Waals surface area contributed by atoms with E-state index in [-0.39, 0.29) is 17.0 Å². The zero-order valence-corrected chi connectivity index (χ0v) is 16.3. The second kappa shape index (κ2) is 8.06. The summed E-state index contributed by atoms with van der Waals surface area (Å²) >= 11 is 0. The molecule has 1 N–H and O–H groups in total. The van der Waals surface area contributed by atoms with E-state index in [4.69, 9.17) is 9.15 Å². The number of benzene rings is 2. The maximum Gasteiger partial charge on any atom is 0.294 e. The van der Waals surface area contributed by atoms with Crippen LogP contribution in [0.15, 0.2) is 76.6 Å². The predicted molar refractivity (Wildman–Crippen MR) is 107 cm³/mol. The van der Waals surface area contributed by atoms with Gasteiger partial charge in [0.25, 0.3) is 5.91 Å². The van der Waals surface area contributed by atoms with Crippen LogP contribution in [0.2, 0.25) is 0 Å². The van der Waals surface area contributed by atoms with Gasteiger partial charge in [-0.25, -0.2) is 8.78 Å². The molecule has 1 unspecified atom stereocenters. The highest BCUT2D eigenvalue weighted by atomic mass is 19.2. The molecule has 2 heterocycles. The number of rotatable bonds is 6. The summed E-state index contributed by atoms with van der Waals surface area (Å²) in [6, 6.07) is 11.3. The van der Waals surface area contributed by atoms with Crippen molar-refractivity contribution in [1.82, 2.24) is 0 Å². The van der Waals surface area contributed by atoms with E-state index in [1.165, 1.54) is 24.5 Å². The molecule has 0 saturated carbocycles. The van der Waals surface area contributed by atoms with E-state index >= 15 is 0 Å². The lowest BCUT2D eigenvalue weighted by molar-refractivity contribution is -0.117. The molecule has 1 aromatic heterocycles. The van der Waals surface area contributed by atoms with Crippen LogP contribution in [0.25, 0.3) is 0 Å². The molecule has 6 nitrogen and oxygen atoms in total. The first-order chi connectivity index (χ1) is 14.9. The Kier molecular flexibility index (Phi) is 5.29. The quantitative estimate of drug-likeness (QED) is 0.577. The Morgan fingerprint density at radius 1 is 1.13 bits per heavy atom. The average molecular weight is 425 g/mol. The highest BCUT2D eigenvalue weighted by molar-refractivity contribution is 6.20. The van der Waals surface area contributed by atoms with Gasteiger partial charge in [-0.1, -0.05) is 12.1 Å². The molecule has 1 aliphatic heterocycles. The van der Waals surface area contributed by atoms with Crippen molar-refractivity contribution in [3.63, 3.8) is 0 Å². The third kappa shape index (κ3) is 3.56. The molecule has 4 rings (SSSR count). The van der Waals surface area contributed by atoms with E-state index in [0.29, 0.717) is 17.9 Å². The van der Waals surface area contributed by atoms with Gasteiger partial charge in [-0.3, -0.25) is 14.5 Å². The Morgan fingerprint density at radius 3 is 2.48 bits per heavy atom. The number of carbonyl (C=O) groups excluding carboxylic acids is 2. The van der Waals surface area contributed by atoms with Crippen molar-refractivity contribution >= 4 is 17.4 Å². The normalized spacial score (nSPS) is 16.2. The van der Waals surface area contributed by atoms with Gasteiger partial charge in [0.1, 0.15) is 5.75 Å². The summed E-state index contributed by atoms with van der Waals surface area (Å²) in [6.07, 6.45) is 1.29. The standard InChI is InChI=1S/C23H17F2NO5/c1-2-30-15-8-5-13(6-9-15)20-19(21(27)18-4-3-11-31-18)22(28)23(29)26(20)14-7-10-16(24)17(25)12-14/h3-12,20,28H,2H2,1H3. The predicted octanol–water partition coefficient (Wildman–Crippen LogP) is 4.74. The molecule has 2 aromatic carbocycles. The fourth-order valence-corrected chi connectivity index (χ4v) is 3.51. The van der Waals surface area contributed by atoms with Gasteiger partial charge in [0.15, 0.2) is 23.2 Å². The van der Waals surface area contributed by atoms with Crippen LogP contribution >= 0.6 is 0 Å². The second-order valence-electron chi connectivity index (χ2n) is 6.75. The first-order valence-electron chi connectivity index (χ1n) is 9.45. The van der Waals surface area contributed by atoms with Crippen LogP contribution in [0.3, 0.4) is 0 Å². The van der Waals surface area contributed by atoms with Gasteiger partial charge < -0.3 is 14.3 Å². The summed E-state index contributed by atoms with van der Waals surface area (Å²) in [6.45, 7) is 2.28. The minimum Gasteiger partial charge on any atom is -0.503 e. The number of furan rings is 1. The molecule has 0 radical (unpaired) electrons. The summed E-state index contributed by atoms with van der Waals surface area (Å²) in [5.41, 5.74) is 0.214. The number of hydrogen-bond acceptors (Lipinski definition) is 5. The van der Waals surface area contributed by atoms with E-state index in [9.17, 15) is 23.5 Å². The van der Waals surface area contributed by atoms with E-state index < -0.39 is 35.1 Å². The van der Waals surface area contributed by atoms with Gasteiger partial charge in [-0.15, -0.1) is 0 Å². The van der Waals surface area contributed by atoms with Gasteiger partial charge in [-0.2, -0.15) is 0 Å². The number of halogens is 2. The monoisotopic (exact) mass is 425 g/mol. The Balaban J connectivity index is 1.85. The van der Waals surface area contributed by atoms with Gasteiger partial charge in [0.05, 0.1) is 24.5 Å². The third-order valence-electron chi connectivity index (χ3n) is 4.89. The van der Waals surface area contributed by atoms with Crippen molar-refractivity contribution in [3.05, 3.63) is 95.2 Å². The lowest BCUT2D eigenvalue weighted by Crippen LogP contribution is -2.31. The second-order valence-corrected chi connectivity index (χ2v) is 6.75. The summed E-state index contributed by atoms with van der Waals surface area (Å²) in [5.74, 6) is -4.15. The minimum absolute atomic E-state index is 0.0171. The van der Waals surface area contributed by atoms with Crippen LogP contribution in [0, 0.1) is 11.6 Å². The fraction of sp³-hybridized carbons (Fsp3) is 0.130. The molecular formula is C23H17F2NO5. The number of ether oxygens (including phenoxy) is 1. The Morgan fingerprint density at radius 2 is 1.87 bits per heavy atom. The number of amides is 1. The first kappa shape index (κ1) is 20.3. The van der Waals surface area contributed by atoms with Crippen molar-refractivity contribution < 1.29 is 32.6 Å². The van der Waals surface area contributed by atoms with Gasteiger partial charge in [0.2, 0.25) is 5.78 Å². The Bertz CT molecular complexity index is 1170. The molecule has 0 aliphatic carbocycles. The molecule has 31 heavy (non-hydrogen) atoms. The van der Waals surface area contributed by atoms with Crippen LogP contribution < -0.4 is 9.64 Å². The maximum absolute atomic E-state index is 13.9. The van der Waals surface area contributed by atoms with Crippen LogP contribution in [-0.4, -0.2) is 23.4 Å². The lowest BCUT2D eigenvalue weighted by Gasteiger charge is -2.27. The van der Waals surface area contributed by atoms with E-state index in [1.807, 2.05) is 6.92 Å². The molecule has 0 fully saturated rings. The fourth-order valence-electron chi connectivity index (χ4n) is 3.51. The number of hydrogen-bond donors (Lipinski definition) is 1. The number of nitrogens with zero attached hydrogens (tertiary/aromatic N) is 1. The molecule has 1 amide bonds. The maximum atomic E-state index is 13.9. The van der Waals surface area contributed by atoms with Crippen molar-refractivity contribution in [2.75, 3.05) is 11.5 Å². The smallest absolute Gasteiger partial charge is 0.294 e. The highest BCUT2D eigenvalue weighted by Crippen LogP contribution is 2.42. The zero-order valence-electron chi connectivity index (χ0n) is 16.3. The topological polar surface area (TPSA) is 80.0 Å². The largest absolute Gasteiger partial charge is 0.503 e. The summed E-state index contributed by atoms with van der Waals surface area (Å²) in [7, 11) is 0. The molecule has 1 aliphatic rings. The molecule has 0 saturated heterocycles. The van der Waals surface area contributed by atoms with Gasteiger partial charge in [0, 0.05) is 11.8 Å². The van der Waals surface area contributed by atoms with E-state index in [2.05, 4.69) is 0 Å². The lowest BCUT2D eigenvalue weighted by atomic mass is 9.94. The van der Waals surface area contributed by atoms with Crippen LogP contribution in [0.1, 0.15) is 29.1 Å². The number of aliphatic hydroxyl groups excluding tert-OH is 1. The summed E-state index contributed by atoms with van der Waals surface area (Å²) in [4.78, 5) is 27.0. The van der Waals surface area contributed by atoms with Crippen LogP contribution in [0.5, 0.6) is 5.75 Å². The van der Waals surface area contributed by atoms with Gasteiger partial charge in [-0.05, 0) is 48.9 Å². The van der Waals surface area contributed by atoms with Crippen molar-refractivity contribution in [3.8, 4) is 5.75 Å². The van der Waals surface area contributed by atoms with Crippen LogP contribution in [0.4, 0.5) is 14.5 Å². The summed E-state index contributed by atoms with van der Waals surface area (Å²) in [5, 5.41) is 10.6. The number of carbonyl (C=O) groups is 2. The number of aliphatic hydroxyl groups is 1. The van der Waals surface area contributed by atoms with Crippen molar-refractivity contribution in [2.45, 2.75) is 13.0 Å². The van der Waals surface area contributed by atoms with Crippen LogP contribution in [-0.2, 0) is 4.79 Å². The molecule has 0 bridgehead atoms. The third-order valence-corrected chi connectivity index (χ3v) is 4.89. The Labute approximate surface area is 176 Å². The zero-order chi connectivity index (χ0) is 22.1. The first-order valence-corrected chi connectivity index (χ1v) is 9.45.